The van der Waals surface area contributed by atoms with Gasteiger partial charge in [0.05, 0.1) is 12.1 Å². The number of aromatic amines is 1. The molecule has 0 bridgehead atoms. The van der Waals surface area contributed by atoms with Gasteiger partial charge in [-0.25, -0.2) is 0 Å². The molecule has 7 nitrogen and oxygen atoms in total. The van der Waals surface area contributed by atoms with Gasteiger partial charge in [-0.1, -0.05) is 12.1 Å². The lowest BCUT2D eigenvalue weighted by Gasteiger charge is -2.06. The summed E-state index contributed by atoms with van der Waals surface area (Å²) in [6, 6.07) is 0. The highest BCUT2D eigenvalue weighted by molar-refractivity contribution is 5.44. The molecule has 0 aromatic carbocycles. The van der Waals surface area contributed by atoms with E-state index in [-0.39, 0.29) is 0 Å². The van der Waals surface area contributed by atoms with Crippen molar-refractivity contribution in [2.24, 2.45) is 5.92 Å². The standard InChI is InChI=1S/C9H12N6O/c1-5-2-10-3-6(5)9-12-8(14-16-9)7-4-11-15-13-7/h4-6,10H,2-3H2,1H3,(H,11,13,15). The zero-order valence-corrected chi connectivity index (χ0v) is 8.84. The van der Waals surface area contributed by atoms with Gasteiger partial charge in [0, 0.05) is 6.54 Å². The van der Waals surface area contributed by atoms with Crippen molar-refractivity contribution in [3.8, 4) is 11.5 Å². The van der Waals surface area contributed by atoms with Gasteiger partial charge in [-0.2, -0.15) is 20.4 Å². The second kappa shape index (κ2) is 3.67. The van der Waals surface area contributed by atoms with Gasteiger partial charge >= 0.3 is 0 Å². The van der Waals surface area contributed by atoms with Crippen molar-refractivity contribution >= 4 is 0 Å². The van der Waals surface area contributed by atoms with E-state index in [0.717, 1.165) is 13.1 Å². The lowest BCUT2D eigenvalue weighted by molar-refractivity contribution is 0.340. The average Bonchev–Trinajstić information content (AvgIpc) is 2.96. The summed E-state index contributed by atoms with van der Waals surface area (Å²) in [5.74, 6) is 1.98. The monoisotopic (exact) mass is 220 g/mol. The molecule has 0 saturated carbocycles. The SMILES string of the molecule is CC1CNCC1c1nc(-c2cn[nH]n2)no1. The highest BCUT2D eigenvalue weighted by Crippen LogP contribution is 2.27. The van der Waals surface area contributed by atoms with E-state index in [2.05, 4.69) is 37.8 Å². The molecule has 0 aliphatic carbocycles. The first-order valence-electron chi connectivity index (χ1n) is 5.25. The Hall–Kier alpha value is -1.76. The lowest BCUT2D eigenvalue weighted by atomic mass is 9.98. The molecule has 2 atom stereocenters. The van der Waals surface area contributed by atoms with E-state index in [1.807, 2.05) is 0 Å². The van der Waals surface area contributed by atoms with Crippen LogP contribution in [0.1, 0.15) is 18.7 Å². The van der Waals surface area contributed by atoms with Crippen LogP contribution in [0.2, 0.25) is 0 Å². The molecule has 2 N–H and O–H groups in total. The molecule has 3 heterocycles. The lowest BCUT2D eigenvalue weighted by Crippen LogP contribution is -2.08. The van der Waals surface area contributed by atoms with Crippen molar-refractivity contribution in [1.29, 1.82) is 0 Å². The van der Waals surface area contributed by atoms with Crippen molar-refractivity contribution in [1.82, 2.24) is 30.9 Å². The molecule has 0 spiro atoms. The summed E-state index contributed by atoms with van der Waals surface area (Å²) in [7, 11) is 0. The maximum absolute atomic E-state index is 5.26. The van der Waals surface area contributed by atoms with Crippen LogP contribution in [0.15, 0.2) is 10.7 Å². The Bertz CT molecular complexity index is 464. The van der Waals surface area contributed by atoms with E-state index in [1.54, 1.807) is 6.20 Å². The third kappa shape index (κ3) is 1.49. The molecule has 1 fully saturated rings. The molecule has 2 unspecified atom stereocenters. The van der Waals surface area contributed by atoms with Crippen molar-refractivity contribution in [2.75, 3.05) is 13.1 Å². The maximum atomic E-state index is 5.26. The van der Waals surface area contributed by atoms with Gasteiger partial charge in [-0.05, 0) is 12.5 Å². The fraction of sp³-hybridized carbons (Fsp3) is 0.556. The van der Waals surface area contributed by atoms with Gasteiger partial charge < -0.3 is 9.84 Å². The number of hydrogen-bond acceptors (Lipinski definition) is 6. The first-order valence-corrected chi connectivity index (χ1v) is 5.25. The summed E-state index contributed by atoms with van der Waals surface area (Å²) in [5, 5.41) is 17.3. The third-order valence-corrected chi connectivity index (χ3v) is 2.92. The highest BCUT2D eigenvalue weighted by Gasteiger charge is 2.29. The van der Waals surface area contributed by atoms with E-state index < -0.39 is 0 Å². The molecule has 1 aliphatic rings. The van der Waals surface area contributed by atoms with Gasteiger partial charge in [0.25, 0.3) is 0 Å². The summed E-state index contributed by atoms with van der Waals surface area (Å²) in [6.45, 7) is 4.05. The summed E-state index contributed by atoms with van der Waals surface area (Å²) >= 11 is 0. The van der Waals surface area contributed by atoms with Crippen molar-refractivity contribution in [2.45, 2.75) is 12.8 Å². The minimum Gasteiger partial charge on any atom is -0.339 e. The zero-order chi connectivity index (χ0) is 11.0. The molecular formula is C9H12N6O. The topological polar surface area (TPSA) is 92.5 Å². The molecule has 2 aromatic rings. The molecule has 2 aromatic heterocycles. The van der Waals surface area contributed by atoms with Crippen LogP contribution in [0.4, 0.5) is 0 Å². The Kier molecular flexibility index (Phi) is 2.17. The summed E-state index contributed by atoms with van der Waals surface area (Å²) in [6.07, 6.45) is 1.57. The Balaban J connectivity index is 1.88. The smallest absolute Gasteiger partial charge is 0.231 e. The van der Waals surface area contributed by atoms with Crippen molar-refractivity contribution < 1.29 is 4.52 Å². The Morgan fingerprint density at radius 2 is 2.38 bits per heavy atom. The van der Waals surface area contributed by atoms with Gasteiger partial charge in [0.15, 0.2) is 5.69 Å². The number of rotatable bonds is 2. The van der Waals surface area contributed by atoms with E-state index >= 15 is 0 Å². The predicted octanol–water partition coefficient (Wildman–Crippen LogP) is 0.178. The molecule has 16 heavy (non-hydrogen) atoms. The number of nitrogens with one attached hydrogen (secondary N) is 2. The van der Waals surface area contributed by atoms with Crippen LogP contribution in [0.25, 0.3) is 11.5 Å². The first-order chi connectivity index (χ1) is 7.84. The Labute approximate surface area is 91.6 Å². The average molecular weight is 220 g/mol. The molecule has 0 amide bonds. The van der Waals surface area contributed by atoms with Gasteiger partial charge in [0.2, 0.25) is 11.7 Å². The molecule has 0 radical (unpaired) electrons. The van der Waals surface area contributed by atoms with E-state index in [4.69, 9.17) is 4.52 Å². The number of hydrogen-bond donors (Lipinski definition) is 2. The van der Waals surface area contributed by atoms with Gasteiger partial charge in [-0.15, -0.1) is 0 Å². The van der Waals surface area contributed by atoms with Crippen LogP contribution in [-0.4, -0.2) is 38.6 Å². The van der Waals surface area contributed by atoms with Crippen LogP contribution in [0.5, 0.6) is 0 Å². The maximum Gasteiger partial charge on any atom is 0.231 e. The minimum atomic E-state index is 0.299. The second-order valence-corrected chi connectivity index (χ2v) is 4.05. The van der Waals surface area contributed by atoms with E-state index in [9.17, 15) is 0 Å². The first kappa shape index (κ1) is 9.46. The van der Waals surface area contributed by atoms with Gasteiger partial charge in [0.1, 0.15) is 0 Å². The van der Waals surface area contributed by atoms with Crippen molar-refractivity contribution in [3.63, 3.8) is 0 Å². The quantitative estimate of drug-likeness (QED) is 0.749. The molecule has 1 aliphatic heterocycles. The van der Waals surface area contributed by atoms with Crippen LogP contribution < -0.4 is 5.32 Å². The minimum absolute atomic E-state index is 0.299. The normalized spacial score (nSPS) is 25.1. The fourth-order valence-electron chi connectivity index (χ4n) is 1.94. The number of H-pyrrole nitrogens is 1. The molecule has 1 saturated heterocycles. The summed E-state index contributed by atoms with van der Waals surface area (Å²) < 4.78 is 5.26. The van der Waals surface area contributed by atoms with Crippen molar-refractivity contribution in [3.05, 3.63) is 12.1 Å². The highest BCUT2D eigenvalue weighted by atomic mass is 16.5. The Morgan fingerprint density at radius 3 is 3.06 bits per heavy atom. The molecular weight excluding hydrogens is 208 g/mol. The predicted molar refractivity (Wildman–Crippen MR) is 54.4 cm³/mol. The second-order valence-electron chi connectivity index (χ2n) is 4.05. The number of nitrogens with zero attached hydrogens (tertiary/aromatic N) is 4. The van der Waals surface area contributed by atoms with Crippen LogP contribution in [-0.2, 0) is 0 Å². The fourth-order valence-corrected chi connectivity index (χ4v) is 1.94. The molecule has 3 rings (SSSR count). The van der Waals surface area contributed by atoms with Crippen LogP contribution in [0, 0.1) is 5.92 Å². The summed E-state index contributed by atoms with van der Waals surface area (Å²) in [4.78, 5) is 4.34. The Morgan fingerprint density at radius 1 is 1.44 bits per heavy atom. The molecule has 7 heteroatoms. The van der Waals surface area contributed by atoms with Crippen LogP contribution >= 0.6 is 0 Å². The third-order valence-electron chi connectivity index (χ3n) is 2.92. The zero-order valence-electron chi connectivity index (χ0n) is 8.84. The van der Waals surface area contributed by atoms with Crippen LogP contribution in [0.3, 0.4) is 0 Å². The van der Waals surface area contributed by atoms with E-state index in [1.165, 1.54) is 0 Å². The van der Waals surface area contributed by atoms with E-state index in [0.29, 0.717) is 29.2 Å². The number of aromatic nitrogens is 5. The largest absolute Gasteiger partial charge is 0.339 e. The summed E-state index contributed by atoms with van der Waals surface area (Å²) in [5.41, 5.74) is 0.605. The van der Waals surface area contributed by atoms with Gasteiger partial charge in [-0.3, -0.25) is 0 Å². The molecule has 84 valence electrons.